The molecule has 0 radical (unpaired) electrons. The molecular formula is C28H41NO5Si. The first-order valence-electron chi connectivity index (χ1n) is 12.3. The minimum atomic E-state index is -2.76. The maximum atomic E-state index is 12.5. The fourth-order valence-corrected chi connectivity index (χ4v) is 9.14. The highest BCUT2D eigenvalue weighted by Gasteiger charge is 2.50. The SMILES string of the molecule is CC[C@H](C(=O)O)[C@@H](CCO[Si](c1ccccc1)(c1ccccc1)C(C)(C)C)NC(=O)OC(C)(C)C. The summed E-state index contributed by atoms with van der Waals surface area (Å²) < 4.78 is 12.3. The molecule has 2 atom stereocenters. The third kappa shape index (κ3) is 7.42. The summed E-state index contributed by atoms with van der Waals surface area (Å²) in [4.78, 5) is 24.5. The molecule has 2 N–H and O–H groups in total. The van der Waals surface area contributed by atoms with Crippen LogP contribution >= 0.6 is 0 Å². The number of hydrogen-bond donors (Lipinski definition) is 2. The smallest absolute Gasteiger partial charge is 0.407 e. The molecule has 7 heteroatoms. The van der Waals surface area contributed by atoms with Crippen molar-refractivity contribution in [3.63, 3.8) is 0 Å². The van der Waals surface area contributed by atoms with Crippen LogP contribution in [0.25, 0.3) is 0 Å². The molecule has 0 aliphatic rings. The Morgan fingerprint density at radius 3 is 1.77 bits per heavy atom. The summed E-state index contributed by atoms with van der Waals surface area (Å²) in [6.07, 6.45) is 0.122. The van der Waals surface area contributed by atoms with E-state index in [1.54, 1.807) is 20.8 Å². The van der Waals surface area contributed by atoms with Gasteiger partial charge in [-0.05, 0) is 49.0 Å². The summed E-state index contributed by atoms with van der Waals surface area (Å²) >= 11 is 0. The van der Waals surface area contributed by atoms with E-state index in [2.05, 4.69) is 50.4 Å². The number of aliphatic carboxylic acids is 1. The van der Waals surface area contributed by atoms with Crippen LogP contribution in [0.3, 0.4) is 0 Å². The Balaban J connectivity index is 2.39. The van der Waals surface area contributed by atoms with Crippen molar-refractivity contribution >= 4 is 30.8 Å². The molecule has 2 aromatic carbocycles. The summed E-state index contributed by atoms with van der Waals surface area (Å²) in [5.74, 6) is -1.69. The molecule has 2 aromatic rings. The Kier molecular flexibility index (Phi) is 9.69. The standard InChI is InChI=1S/C28H41NO5Si/c1-8-23(25(30)31)24(29-26(32)34-27(2,3)4)19-20-33-35(28(5,6)7,21-15-11-9-12-16-21)22-17-13-10-14-18-22/h9-18,23-24H,8,19-20H2,1-7H3,(H,29,32)(H,30,31)/t23-,24+/m0/s1. The maximum absolute atomic E-state index is 12.5. The predicted molar refractivity (Wildman–Crippen MR) is 143 cm³/mol. The van der Waals surface area contributed by atoms with Crippen molar-refractivity contribution in [1.29, 1.82) is 0 Å². The first-order chi connectivity index (χ1) is 16.3. The number of carbonyl (C=O) groups is 2. The van der Waals surface area contributed by atoms with E-state index in [0.717, 1.165) is 10.4 Å². The van der Waals surface area contributed by atoms with Gasteiger partial charge in [0.25, 0.3) is 8.32 Å². The zero-order valence-electron chi connectivity index (χ0n) is 22.1. The van der Waals surface area contributed by atoms with Gasteiger partial charge in [-0.15, -0.1) is 0 Å². The first-order valence-corrected chi connectivity index (χ1v) is 14.2. The highest BCUT2D eigenvalue weighted by atomic mass is 28.4. The molecule has 0 saturated carbocycles. The largest absolute Gasteiger partial charge is 0.481 e. The number of nitrogens with one attached hydrogen (secondary N) is 1. The average Bonchev–Trinajstić information content (AvgIpc) is 2.76. The summed E-state index contributed by atoms with van der Waals surface area (Å²) in [6.45, 7) is 14.0. The molecule has 0 aliphatic carbocycles. The highest BCUT2D eigenvalue weighted by Crippen LogP contribution is 2.37. The number of benzene rings is 2. The molecule has 0 heterocycles. The van der Waals surface area contributed by atoms with E-state index < -0.39 is 37.9 Å². The molecule has 35 heavy (non-hydrogen) atoms. The fraction of sp³-hybridized carbons (Fsp3) is 0.500. The van der Waals surface area contributed by atoms with Crippen LogP contribution < -0.4 is 15.7 Å². The Morgan fingerprint density at radius 1 is 0.914 bits per heavy atom. The van der Waals surface area contributed by atoms with Crippen LogP contribution in [0.4, 0.5) is 4.79 Å². The third-order valence-corrected chi connectivity index (χ3v) is 11.2. The van der Waals surface area contributed by atoms with Gasteiger partial charge in [0.2, 0.25) is 0 Å². The molecule has 0 saturated heterocycles. The molecule has 0 unspecified atom stereocenters. The molecule has 0 aromatic heterocycles. The lowest BCUT2D eigenvalue weighted by molar-refractivity contribution is -0.142. The van der Waals surface area contributed by atoms with Crippen molar-refractivity contribution in [2.75, 3.05) is 6.61 Å². The van der Waals surface area contributed by atoms with Crippen LogP contribution in [-0.2, 0) is 14.0 Å². The molecule has 0 aliphatic heterocycles. The maximum Gasteiger partial charge on any atom is 0.407 e. The van der Waals surface area contributed by atoms with Crippen LogP contribution in [0.15, 0.2) is 60.7 Å². The van der Waals surface area contributed by atoms with E-state index in [-0.39, 0.29) is 5.04 Å². The minimum absolute atomic E-state index is 0.194. The Labute approximate surface area is 211 Å². The van der Waals surface area contributed by atoms with Crippen molar-refractivity contribution in [1.82, 2.24) is 5.32 Å². The quantitative estimate of drug-likeness (QED) is 0.452. The molecule has 192 valence electrons. The molecule has 0 spiro atoms. The lowest BCUT2D eigenvalue weighted by Crippen LogP contribution is -2.66. The summed E-state index contributed by atoms with van der Waals surface area (Å²) in [5, 5.41) is 14.7. The van der Waals surface area contributed by atoms with Crippen LogP contribution in [0, 0.1) is 5.92 Å². The molecule has 0 fully saturated rings. The number of ether oxygens (including phenoxy) is 1. The van der Waals surface area contributed by atoms with Gasteiger partial charge in [0.1, 0.15) is 5.60 Å². The van der Waals surface area contributed by atoms with E-state index in [0.29, 0.717) is 19.4 Å². The number of carbonyl (C=O) groups excluding carboxylic acids is 1. The lowest BCUT2D eigenvalue weighted by atomic mass is 9.95. The average molecular weight is 500 g/mol. The van der Waals surface area contributed by atoms with Gasteiger partial charge in [-0.25, -0.2) is 4.79 Å². The monoisotopic (exact) mass is 499 g/mol. The second kappa shape index (κ2) is 11.9. The van der Waals surface area contributed by atoms with Crippen molar-refractivity contribution in [3.05, 3.63) is 60.7 Å². The number of rotatable bonds is 10. The number of carboxylic acid groups (broad SMARTS) is 1. The van der Waals surface area contributed by atoms with Crippen LogP contribution in [0.5, 0.6) is 0 Å². The zero-order valence-corrected chi connectivity index (χ0v) is 23.1. The van der Waals surface area contributed by atoms with Gasteiger partial charge in [0.05, 0.1) is 5.92 Å². The van der Waals surface area contributed by atoms with Crippen molar-refractivity contribution in [2.24, 2.45) is 5.92 Å². The predicted octanol–water partition coefficient (Wildman–Crippen LogP) is 4.96. The summed E-state index contributed by atoms with van der Waals surface area (Å²) in [5.41, 5.74) is -0.676. The normalized spacial score (nSPS) is 14.1. The van der Waals surface area contributed by atoms with Gasteiger partial charge in [-0.3, -0.25) is 4.79 Å². The van der Waals surface area contributed by atoms with E-state index in [4.69, 9.17) is 9.16 Å². The highest BCUT2D eigenvalue weighted by molar-refractivity contribution is 6.99. The van der Waals surface area contributed by atoms with Crippen molar-refractivity contribution in [3.8, 4) is 0 Å². The van der Waals surface area contributed by atoms with Crippen molar-refractivity contribution < 1.29 is 23.9 Å². The van der Waals surface area contributed by atoms with E-state index in [1.165, 1.54) is 0 Å². The third-order valence-electron chi connectivity index (χ3n) is 6.11. The number of hydrogen-bond acceptors (Lipinski definition) is 4. The van der Waals surface area contributed by atoms with Gasteiger partial charge in [-0.2, -0.15) is 0 Å². The number of carboxylic acids is 1. The molecule has 1 amide bonds. The van der Waals surface area contributed by atoms with Crippen molar-refractivity contribution in [2.45, 2.75) is 78.0 Å². The summed E-state index contributed by atoms with van der Waals surface area (Å²) in [7, 11) is -2.76. The summed E-state index contributed by atoms with van der Waals surface area (Å²) in [6, 6.07) is 20.0. The van der Waals surface area contributed by atoms with Crippen LogP contribution in [0.1, 0.15) is 61.3 Å². The molecule has 0 bridgehead atoms. The van der Waals surface area contributed by atoms with Gasteiger partial charge in [-0.1, -0.05) is 88.4 Å². The topological polar surface area (TPSA) is 84.9 Å². The van der Waals surface area contributed by atoms with Crippen LogP contribution in [-0.4, -0.2) is 43.7 Å². The number of alkyl carbamates (subject to hydrolysis) is 1. The second-order valence-corrected chi connectivity index (χ2v) is 15.2. The van der Waals surface area contributed by atoms with E-state index in [1.807, 2.05) is 43.3 Å². The van der Waals surface area contributed by atoms with Gasteiger partial charge >= 0.3 is 12.1 Å². The lowest BCUT2D eigenvalue weighted by Gasteiger charge is -2.43. The molecule has 2 rings (SSSR count). The second-order valence-electron chi connectivity index (χ2n) is 10.9. The van der Waals surface area contributed by atoms with Gasteiger partial charge in [0.15, 0.2) is 0 Å². The Bertz CT molecular complexity index is 911. The first kappa shape index (κ1) is 28.6. The van der Waals surface area contributed by atoms with E-state index >= 15 is 0 Å². The zero-order chi connectivity index (χ0) is 26.3. The Morgan fingerprint density at radius 2 is 1.40 bits per heavy atom. The van der Waals surface area contributed by atoms with Crippen LogP contribution in [0.2, 0.25) is 5.04 Å². The fourth-order valence-electron chi connectivity index (χ4n) is 4.56. The minimum Gasteiger partial charge on any atom is -0.481 e. The molecule has 6 nitrogen and oxygen atoms in total. The Hall–Kier alpha value is -2.64. The van der Waals surface area contributed by atoms with Gasteiger partial charge in [0, 0.05) is 12.6 Å². The van der Waals surface area contributed by atoms with Gasteiger partial charge < -0.3 is 19.6 Å². The number of amides is 1. The van der Waals surface area contributed by atoms with E-state index in [9.17, 15) is 14.7 Å². The molecular weight excluding hydrogens is 458 g/mol.